The molecule has 4 aromatic rings. The van der Waals surface area contributed by atoms with Crippen molar-refractivity contribution in [1.82, 2.24) is 14.5 Å². The second-order valence-electron chi connectivity index (χ2n) is 7.15. The number of para-hydroxylation sites is 1. The van der Waals surface area contributed by atoms with Crippen LogP contribution in [0.4, 0.5) is 24.8 Å². The molecule has 170 valence electrons. The number of nitrogens with one attached hydrogen (secondary N) is 1. The largest absolute Gasteiger partial charge is 0.398 e. The van der Waals surface area contributed by atoms with Crippen LogP contribution in [0.1, 0.15) is 0 Å². The molecule has 2 aromatic heterocycles. The van der Waals surface area contributed by atoms with E-state index in [4.69, 9.17) is 5.73 Å². The smallest absolute Gasteiger partial charge is 0.256 e. The van der Waals surface area contributed by atoms with Gasteiger partial charge in [0.2, 0.25) is 5.95 Å². The van der Waals surface area contributed by atoms with Crippen LogP contribution < -0.4 is 16.6 Å². The highest BCUT2D eigenvalue weighted by Crippen LogP contribution is 2.32. The molecule has 0 spiro atoms. The summed E-state index contributed by atoms with van der Waals surface area (Å²) in [5.41, 5.74) is 4.84. The van der Waals surface area contributed by atoms with E-state index in [0.29, 0.717) is 0 Å². The van der Waals surface area contributed by atoms with Crippen LogP contribution in [0.25, 0.3) is 28.0 Å². The van der Waals surface area contributed by atoms with Crippen molar-refractivity contribution in [3.05, 3.63) is 76.3 Å². The Morgan fingerprint density at radius 1 is 1.00 bits per heavy atom. The van der Waals surface area contributed by atoms with Gasteiger partial charge in [-0.1, -0.05) is 6.07 Å². The molecule has 0 unspecified atom stereocenters. The lowest BCUT2D eigenvalue weighted by Crippen LogP contribution is -2.29. The second kappa shape index (κ2) is 8.88. The Morgan fingerprint density at radius 2 is 1.70 bits per heavy atom. The number of nitrogens with two attached hydrogens (primary N) is 1. The van der Waals surface area contributed by atoms with Crippen molar-refractivity contribution in [2.75, 3.05) is 24.3 Å². The number of pyridine rings is 1. The lowest BCUT2D eigenvalue weighted by atomic mass is 10.1. The Hall–Kier alpha value is -3.96. The minimum atomic E-state index is -0.996. The Morgan fingerprint density at radius 3 is 2.33 bits per heavy atom. The highest BCUT2D eigenvalue weighted by atomic mass is 19.1. The summed E-state index contributed by atoms with van der Waals surface area (Å²) in [6.45, 7) is -0.953. The Balaban J connectivity index is 2.10. The first-order valence-corrected chi connectivity index (χ1v) is 9.76. The molecule has 0 amide bonds. The molecule has 0 aliphatic heterocycles. The zero-order chi connectivity index (χ0) is 23.7. The van der Waals surface area contributed by atoms with E-state index in [9.17, 15) is 28.2 Å². The van der Waals surface area contributed by atoms with E-state index in [0.717, 1.165) is 41.0 Å². The molecule has 4 rings (SSSR count). The lowest BCUT2D eigenvalue weighted by Gasteiger charge is -2.18. The Labute approximate surface area is 184 Å². The standard InChI is InChI=1S/C22H18F3N5O3/c23-11-4-5-13(17(26)8-11)19-14-6-7-18(33)30(20-15(24)2-1-3-16(20)25)21(14)29-22(28-19)27-12(9-31)10-32/h1-8,12,31-32H,9-10,26H2,(H,27,28,29). The number of aliphatic hydroxyl groups excluding tert-OH is 2. The maximum absolute atomic E-state index is 14.6. The minimum absolute atomic E-state index is 0.0247. The quantitative estimate of drug-likeness (QED) is 0.327. The first kappa shape index (κ1) is 22.2. The van der Waals surface area contributed by atoms with Crippen LogP contribution in [0.5, 0.6) is 0 Å². The number of hydrogen-bond donors (Lipinski definition) is 4. The number of aliphatic hydroxyl groups is 2. The van der Waals surface area contributed by atoms with Crippen molar-refractivity contribution in [2.24, 2.45) is 0 Å². The lowest BCUT2D eigenvalue weighted by molar-refractivity contribution is 0.203. The number of anilines is 2. The van der Waals surface area contributed by atoms with Gasteiger partial charge in [-0.05, 0) is 36.4 Å². The summed E-state index contributed by atoms with van der Waals surface area (Å²) in [6.07, 6.45) is 0. The molecule has 33 heavy (non-hydrogen) atoms. The fourth-order valence-electron chi connectivity index (χ4n) is 3.38. The Kier molecular flexibility index (Phi) is 5.99. The Bertz CT molecular complexity index is 1390. The van der Waals surface area contributed by atoms with Crippen LogP contribution in [0.15, 0.2) is 53.3 Å². The number of hydrogen-bond acceptors (Lipinski definition) is 7. The average molecular weight is 457 g/mol. The van der Waals surface area contributed by atoms with Crippen LogP contribution in [-0.2, 0) is 0 Å². The fraction of sp³-hybridized carbons (Fsp3) is 0.136. The molecule has 0 saturated heterocycles. The van der Waals surface area contributed by atoms with E-state index in [1.165, 1.54) is 12.1 Å². The molecule has 0 radical (unpaired) electrons. The fourth-order valence-corrected chi connectivity index (χ4v) is 3.38. The van der Waals surface area contributed by atoms with Crippen LogP contribution in [0.2, 0.25) is 0 Å². The predicted octanol–water partition coefficient (Wildman–Crippen LogP) is 2.21. The van der Waals surface area contributed by atoms with Gasteiger partial charge in [-0.15, -0.1) is 0 Å². The third kappa shape index (κ3) is 4.11. The summed E-state index contributed by atoms with van der Waals surface area (Å²) in [5.74, 6) is -2.74. The van der Waals surface area contributed by atoms with Crippen molar-refractivity contribution in [2.45, 2.75) is 6.04 Å². The van der Waals surface area contributed by atoms with E-state index in [-0.39, 0.29) is 33.9 Å². The van der Waals surface area contributed by atoms with E-state index in [1.807, 2.05) is 0 Å². The molecule has 0 saturated carbocycles. The number of benzene rings is 2. The number of aromatic nitrogens is 3. The molecule has 0 bridgehead atoms. The zero-order valence-corrected chi connectivity index (χ0v) is 17.0. The molecule has 5 N–H and O–H groups in total. The summed E-state index contributed by atoms with van der Waals surface area (Å²) in [5, 5.41) is 21.7. The van der Waals surface area contributed by atoms with E-state index in [1.54, 1.807) is 0 Å². The molecule has 0 fully saturated rings. The van der Waals surface area contributed by atoms with E-state index >= 15 is 0 Å². The molecular formula is C22H18F3N5O3. The highest BCUT2D eigenvalue weighted by Gasteiger charge is 2.21. The predicted molar refractivity (Wildman–Crippen MR) is 116 cm³/mol. The molecule has 0 aliphatic carbocycles. The minimum Gasteiger partial charge on any atom is -0.398 e. The third-order valence-electron chi connectivity index (χ3n) is 4.95. The van der Waals surface area contributed by atoms with Gasteiger partial charge in [-0.25, -0.2) is 18.2 Å². The topological polar surface area (TPSA) is 126 Å². The summed E-state index contributed by atoms with van der Waals surface area (Å²) in [7, 11) is 0. The van der Waals surface area contributed by atoms with Crippen molar-refractivity contribution in [3.63, 3.8) is 0 Å². The highest BCUT2D eigenvalue weighted by molar-refractivity contribution is 5.95. The van der Waals surface area contributed by atoms with Crippen molar-refractivity contribution < 1.29 is 23.4 Å². The van der Waals surface area contributed by atoms with Gasteiger partial charge in [0.25, 0.3) is 5.56 Å². The molecule has 0 aliphatic rings. The van der Waals surface area contributed by atoms with Gasteiger partial charge in [0.15, 0.2) is 5.65 Å². The van der Waals surface area contributed by atoms with Crippen LogP contribution >= 0.6 is 0 Å². The van der Waals surface area contributed by atoms with Crippen LogP contribution in [0, 0.1) is 17.5 Å². The van der Waals surface area contributed by atoms with Gasteiger partial charge < -0.3 is 21.3 Å². The molecule has 2 aromatic carbocycles. The van der Waals surface area contributed by atoms with Gasteiger partial charge in [-0.3, -0.25) is 9.36 Å². The first-order valence-electron chi connectivity index (χ1n) is 9.76. The number of fused-ring (bicyclic) bond motifs is 1. The van der Waals surface area contributed by atoms with Crippen molar-refractivity contribution in [3.8, 4) is 16.9 Å². The van der Waals surface area contributed by atoms with Gasteiger partial charge in [0, 0.05) is 22.7 Å². The molecule has 0 atom stereocenters. The number of nitrogens with zero attached hydrogens (tertiary/aromatic N) is 3. The number of halogens is 3. The maximum Gasteiger partial charge on any atom is 0.256 e. The van der Waals surface area contributed by atoms with E-state index < -0.39 is 48.0 Å². The summed E-state index contributed by atoms with van der Waals surface area (Å²) in [6, 6.07) is 8.34. The van der Waals surface area contributed by atoms with Crippen LogP contribution in [0.3, 0.4) is 0 Å². The molecule has 2 heterocycles. The zero-order valence-electron chi connectivity index (χ0n) is 17.0. The maximum atomic E-state index is 14.6. The first-order chi connectivity index (χ1) is 15.8. The van der Waals surface area contributed by atoms with E-state index in [2.05, 4.69) is 15.3 Å². The van der Waals surface area contributed by atoms with Gasteiger partial charge in [-0.2, -0.15) is 4.98 Å². The monoisotopic (exact) mass is 457 g/mol. The number of nitrogen functional groups attached to an aromatic ring is 1. The van der Waals surface area contributed by atoms with Gasteiger partial charge >= 0.3 is 0 Å². The summed E-state index contributed by atoms with van der Waals surface area (Å²) in [4.78, 5) is 21.3. The molecular weight excluding hydrogens is 439 g/mol. The number of rotatable bonds is 6. The SMILES string of the molecule is Nc1cc(F)ccc1-c1nc(NC(CO)CO)nc2c1ccc(=O)n2-c1c(F)cccc1F. The molecule has 8 nitrogen and oxygen atoms in total. The summed E-state index contributed by atoms with van der Waals surface area (Å²) >= 11 is 0. The third-order valence-corrected chi connectivity index (χ3v) is 4.95. The van der Waals surface area contributed by atoms with Gasteiger partial charge in [0.1, 0.15) is 23.1 Å². The van der Waals surface area contributed by atoms with Gasteiger partial charge in [0.05, 0.1) is 24.9 Å². The average Bonchev–Trinajstić information content (AvgIpc) is 2.78. The normalized spacial score (nSPS) is 11.3. The van der Waals surface area contributed by atoms with Crippen LogP contribution in [-0.4, -0.2) is 44.0 Å². The molecule has 11 heteroatoms. The van der Waals surface area contributed by atoms with Crippen molar-refractivity contribution in [1.29, 1.82) is 0 Å². The van der Waals surface area contributed by atoms with Crippen molar-refractivity contribution >= 4 is 22.7 Å². The summed E-state index contributed by atoms with van der Waals surface area (Å²) < 4.78 is 43.6. The second-order valence-corrected chi connectivity index (χ2v) is 7.15.